The number of likely N-dealkylation sites (tertiary alicyclic amines) is 1. The molecule has 2 aromatic rings. The summed E-state index contributed by atoms with van der Waals surface area (Å²) in [6, 6.07) is 2.62. The Morgan fingerprint density at radius 1 is 1.15 bits per heavy atom. The van der Waals surface area contributed by atoms with Crippen molar-refractivity contribution < 1.29 is 26.5 Å². The first-order valence-electron chi connectivity index (χ1n) is 11.1. The van der Waals surface area contributed by atoms with Crippen molar-refractivity contribution in [2.45, 2.75) is 57.6 Å². The highest BCUT2D eigenvalue weighted by Crippen LogP contribution is 2.34. The van der Waals surface area contributed by atoms with Crippen molar-refractivity contribution in [3.63, 3.8) is 0 Å². The van der Waals surface area contributed by atoms with Crippen molar-refractivity contribution in [3.8, 4) is 5.75 Å². The summed E-state index contributed by atoms with van der Waals surface area (Å²) in [6.45, 7) is 8.15. The fourth-order valence-corrected chi connectivity index (χ4v) is 5.03. The van der Waals surface area contributed by atoms with Crippen molar-refractivity contribution in [1.29, 1.82) is 0 Å². The van der Waals surface area contributed by atoms with Gasteiger partial charge in [0.25, 0.3) is 0 Å². The van der Waals surface area contributed by atoms with Gasteiger partial charge in [-0.15, -0.1) is 0 Å². The van der Waals surface area contributed by atoms with Crippen molar-refractivity contribution in [3.05, 3.63) is 41.0 Å². The number of nitrogens with zero attached hydrogens (tertiary/aromatic N) is 4. The van der Waals surface area contributed by atoms with Crippen LogP contribution in [-0.4, -0.2) is 66.3 Å². The van der Waals surface area contributed by atoms with Crippen LogP contribution in [0.5, 0.6) is 5.75 Å². The molecule has 0 amide bonds. The summed E-state index contributed by atoms with van der Waals surface area (Å²) >= 11 is 0. The summed E-state index contributed by atoms with van der Waals surface area (Å²) in [7, 11) is -3.25. The van der Waals surface area contributed by atoms with Gasteiger partial charge in [0.15, 0.2) is 23.2 Å². The molecule has 182 valence electrons. The maximum atomic E-state index is 14.7. The average molecular weight is 485 g/mol. The first kappa shape index (κ1) is 24.0. The number of piperidine rings is 1. The third kappa shape index (κ3) is 5.52. The molecule has 8 nitrogen and oxygen atoms in total. The lowest BCUT2D eigenvalue weighted by atomic mass is 9.90. The van der Waals surface area contributed by atoms with Gasteiger partial charge in [-0.2, -0.15) is 4.98 Å². The number of aromatic nitrogens is 2. The van der Waals surface area contributed by atoms with Crippen molar-refractivity contribution in [2.24, 2.45) is 0 Å². The van der Waals surface area contributed by atoms with Gasteiger partial charge in [-0.25, -0.2) is 21.5 Å². The molecule has 2 fully saturated rings. The second-order valence-corrected chi connectivity index (χ2v) is 11.9. The molecule has 1 aromatic heterocycles. The van der Waals surface area contributed by atoms with Gasteiger partial charge in [-0.05, 0) is 36.5 Å². The van der Waals surface area contributed by atoms with Crippen LogP contribution in [0, 0.1) is 11.6 Å². The molecular weight excluding hydrogens is 454 g/mol. The van der Waals surface area contributed by atoms with Crippen molar-refractivity contribution in [1.82, 2.24) is 19.3 Å². The predicted octanol–water partition coefficient (Wildman–Crippen LogP) is 3.05. The zero-order valence-corrected chi connectivity index (χ0v) is 20.2. The Balaban J connectivity index is 1.31. The summed E-state index contributed by atoms with van der Waals surface area (Å²) in [5, 5.41) is 4.00. The third-order valence-corrected chi connectivity index (χ3v) is 7.42. The normalized spacial score (nSPS) is 19.6. The van der Waals surface area contributed by atoms with E-state index in [0.717, 1.165) is 0 Å². The lowest BCUT2D eigenvalue weighted by Gasteiger charge is -2.38. The van der Waals surface area contributed by atoms with Gasteiger partial charge in [0.05, 0.1) is 12.8 Å². The van der Waals surface area contributed by atoms with Crippen LogP contribution in [0.2, 0.25) is 0 Å². The maximum absolute atomic E-state index is 14.7. The molecule has 33 heavy (non-hydrogen) atoms. The van der Waals surface area contributed by atoms with Crippen LogP contribution in [0.3, 0.4) is 0 Å². The smallest absolute Gasteiger partial charge is 0.240 e. The Morgan fingerprint density at radius 2 is 1.76 bits per heavy atom. The van der Waals surface area contributed by atoms with Gasteiger partial charge in [-0.3, -0.25) is 4.90 Å². The largest absolute Gasteiger partial charge is 0.482 e. The number of benzene rings is 1. The molecule has 0 spiro atoms. The van der Waals surface area contributed by atoms with Crippen LogP contribution in [0.25, 0.3) is 0 Å². The van der Waals surface area contributed by atoms with E-state index >= 15 is 0 Å². The summed E-state index contributed by atoms with van der Waals surface area (Å²) in [5.74, 6) is -0.794. The first-order chi connectivity index (χ1) is 15.4. The molecule has 0 aliphatic carbocycles. The fraction of sp³-hybridized carbons (Fsp3) is 0.636. The molecule has 3 heterocycles. The summed E-state index contributed by atoms with van der Waals surface area (Å²) < 4.78 is 65.0. The second kappa shape index (κ2) is 8.92. The standard InChI is InChI=1S/C22H30F2N4O4S/c1-22(2,3)21-25-19(32-26-21)13-27-11-16(12-27)31-20-17(23)9-15(10-18(20)24)14-5-7-28(8-6-14)33(4,29)30/h9-10,14,16H,5-8,11-13H2,1-4H3. The highest BCUT2D eigenvalue weighted by molar-refractivity contribution is 7.88. The minimum atomic E-state index is -3.25. The number of rotatable bonds is 6. The summed E-state index contributed by atoms with van der Waals surface area (Å²) in [6.07, 6.45) is 1.89. The predicted molar refractivity (Wildman–Crippen MR) is 117 cm³/mol. The SMILES string of the molecule is CC(C)(C)c1noc(CN2CC(Oc3c(F)cc(C4CCN(S(C)(=O)=O)CC4)cc3F)C2)n1. The topological polar surface area (TPSA) is 88.8 Å². The zero-order valence-electron chi connectivity index (χ0n) is 19.3. The van der Waals surface area contributed by atoms with E-state index in [1.54, 1.807) is 0 Å². The molecule has 4 rings (SSSR count). The van der Waals surface area contributed by atoms with Gasteiger partial charge < -0.3 is 9.26 Å². The van der Waals surface area contributed by atoms with E-state index in [0.29, 0.717) is 62.8 Å². The van der Waals surface area contributed by atoms with E-state index in [4.69, 9.17) is 9.26 Å². The highest BCUT2D eigenvalue weighted by Gasteiger charge is 2.33. The molecule has 2 saturated heterocycles. The monoisotopic (exact) mass is 484 g/mol. The third-order valence-electron chi connectivity index (χ3n) is 6.12. The van der Waals surface area contributed by atoms with Crippen LogP contribution < -0.4 is 4.74 Å². The van der Waals surface area contributed by atoms with Crippen molar-refractivity contribution in [2.75, 3.05) is 32.4 Å². The number of halogens is 2. The molecule has 0 bridgehead atoms. The molecule has 2 aliphatic rings. The average Bonchev–Trinajstić information content (AvgIpc) is 3.17. The van der Waals surface area contributed by atoms with E-state index in [1.165, 1.54) is 22.7 Å². The molecule has 0 N–H and O–H groups in total. The van der Waals surface area contributed by atoms with Crippen LogP contribution >= 0.6 is 0 Å². The molecule has 2 aliphatic heterocycles. The number of hydrogen-bond donors (Lipinski definition) is 0. The van der Waals surface area contributed by atoms with Gasteiger partial charge in [0.2, 0.25) is 15.9 Å². The van der Waals surface area contributed by atoms with Crippen LogP contribution in [-0.2, 0) is 22.0 Å². The van der Waals surface area contributed by atoms with Gasteiger partial charge in [0.1, 0.15) is 6.10 Å². The molecule has 0 radical (unpaired) electrons. The molecule has 0 atom stereocenters. The van der Waals surface area contributed by atoms with Gasteiger partial charge >= 0.3 is 0 Å². The Kier molecular flexibility index (Phi) is 6.49. The van der Waals surface area contributed by atoms with Crippen molar-refractivity contribution >= 4 is 10.0 Å². The molecule has 1 aromatic carbocycles. The minimum absolute atomic E-state index is 0.0901. The maximum Gasteiger partial charge on any atom is 0.240 e. The lowest BCUT2D eigenvalue weighted by molar-refractivity contribution is 0.00425. The number of sulfonamides is 1. The Labute approximate surface area is 192 Å². The first-order valence-corrected chi connectivity index (χ1v) is 12.9. The van der Waals surface area contributed by atoms with E-state index in [9.17, 15) is 17.2 Å². The molecule has 0 saturated carbocycles. The van der Waals surface area contributed by atoms with Crippen LogP contribution in [0.1, 0.15) is 56.8 Å². The van der Waals surface area contributed by atoms with E-state index in [1.807, 2.05) is 25.7 Å². The lowest BCUT2D eigenvalue weighted by Crippen LogP contribution is -2.53. The zero-order chi connectivity index (χ0) is 24.0. The second-order valence-electron chi connectivity index (χ2n) is 9.95. The van der Waals surface area contributed by atoms with E-state index in [-0.39, 0.29) is 23.2 Å². The number of hydrogen-bond acceptors (Lipinski definition) is 7. The Morgan fingerprint density at radius 3 is 2.27 bits per heavy atom. The van der Waals surface area contributed by atoms with Gasteiger partial charge in [-0.1, -0.05) is 25.9 Å². The highest BCUT2D eigenvalue weighted by atomic mass is 32.2. The fourth-order valence-electron chi connectivity index (χ4n) is 4.16. The molecular formula is C22H30F2N4O4S. The molecule has 11 heteroatoms. The van der Waals surface area contributed by atoms with E-state index < -0.39 is 21.7 Å². The Hall–Kier alpha value is -2.11. The molecule has 0 unspecified atom stereocenters. The summed E-state index contributed by atoms with van der Waals surface area (Å²) in [5.41, 5.74) is 0.334. The Bertz CT molecular complexity index is 1080. The van der Waals surface area contributed by atoms with Crippen LogP contribution in [0.15, 0.2) is 16.7 Å². The van der Waals surface area contributed by atoms with Gasteiger partial charge in [0, 0.05) is 31.6 Å². The number of ether oxygens (including phenoxy) is 1. The minimum Gasteiger partial charge on any atom is -0.482 e. The van der Waals surface area contributed by atoms with Crippen LogP contribution in [0.4, 0.5) is 8.78 Å². The summed E-state index contributed by atoms with van der Waals surface area (Å²) in [4.78, 5) is 6.40. The quantitative estimate of drug-likeness (QED) is 0.623. The van der Waals surface area contributed by atoms with E-state index in [2.05, 4.69) is 10.1 Å².